The first-order chi connectivity index (χ1) is 7.65. The van der Waals surface area contributed by atoms with Crippen LogP contribution in [0.25, 0.3) is 0 Å². The number of rotatable bonds is 2. The molecule has 0 saturated carbocycles. The molecule has 0 amide bonds. The Kier molecular flexibility index (Phi) is 4.67. The van der Waals surface area contributed by atoms with Gasteiger partial charge in [0, 0.05) is 5.02 Å². The molecule has 0 aromatic heterocycles. The lowest BCUT2D eigenvalue weighted by Crippen LogP contribution is -1.91. The summed E-state index contributed by atoms with van der Waals surface area (Å²) in [5.74, 6) is 1.38. The number of halogens is 2. The Morgan fingerprint density at radius 2 is 1.71 bits per heavy atom. The molecule has 2 aromatic rings. The molecule has 0 atom stereocenters. The van der Waals surface area contributed by atoms with Gasteiger partial charge >= 0.3 is 0 Å². The van der Waals surface area contributed by atoms with E-state index in [2.05, 4.69) is 0 Å². The summed E-state index contributed by atoms with van der Waals surface area (Å²) in [7, 11) is 0. The summed E-state index contributed by atoms with van der Waals surface area (Å²) < 4.78 is 5.64. The van der Waals surface area contributed by atoms with Gasteiger partial charge in [0.1, 0.15) is 11.5 Å². The summed E-state index contributed by atoms with van der Waals surface area (Å²) in [4.78, 5) is 0. The van der Waals surface area contributed by atoms with E-state index in [1.165, 1.54) is 5.56 Å². The highest BCUT2D eigenvalue weighted by molar-refractivity contribution is 6.30. The van der Waals surface area contributed by atoms with E-state index in [4.69, 9.17) is 22.1 Å². The van der Waals surface area contributed by atoms with Crippen molar-refractivity contribution >= 4 is 29.7 Å². The molecule has 0 bridgehead atoms. The predicted octanol–water partition coefficient (Wildman–Crippen LogP) is 4.44. The molecule has 2 aromatic carbocycles. The maximum absolute atomic E-state index is 5.81. The molecule has 2 rings (SSSR count). The summed E-state index contributed by atoms with van der Waals surface area (Å²) in [5, 5.41) is 0.605. The van der Waals surface area contributed by atoms with Crippen LogP contribution in [0, 0.1) is 6.92 Å². The molecule has 17 heavy (non-hydrogen) atoms. The van der Waals surface area contributed by atoms with E-state index < -0.39 is 0 Å². The summed E-state index contributed by atoms with van der Waals surface area (Å²) in [6.07, 6.45) is 0. The lowest BCUT2D eigenvalue weighted by atomic mass is 10.2. The van der Waals surface area contributed by atoms with E-state index >= 15 is 0 Å². The number of nitrogen functional groups attached to an aromatic ring is 1. The molecule has 0 saturated heterocycles. The van der Waals surface area contributed by atoms with Crippen LogP contribution in [0.4, 0.5) is 5.69 Å². The minimum atomic E-state index is 0. The fourth-order valence-electron chi connectivity index (χ4n) is 1.35. The van der Waals surface area contributed by atoms with Crippen LogP contribution in [-0.4, -0.2) is 0 Å². The summed E-state index contributed by atoms with van der Waals surface area (Å²) in [6, 6.07) is 13.0. The second-order valence-electron chi connectivity index (χ2n) is 3.60. The van der Waals surface area contributed by atoms with Gasteiger partial charge in [-0.3, -0.25) is 0 Å². The molecule has 90 valence electrons. The Bertz CT molecular complexity index is 497. The molecular weight excluding hydrogens is 257 g/mol. The maximum atomic E-state index is 5.81. The predicted molar refractivity (Wildman–Crippen MR) is 74.4 cm³/mol. The molecular formula is C13H13Cl2NO. The van der Waals surface area contributed by atoms with Gasteiger partial charge in [-0.05, 0) is 37.3 Å². The molecule has 0 fully saturated rings. The Morgan fingerprint density at radius 3 is 2.29 bits per heavy atom. The van der Waals surface area contributed by atoms with Crippen LogP contribution in [0.1, 0.15) is 5.56 Å². The van der Waals surface area contributed by atoms with Crippen LogP contribution < -0.4 is 10.5 Å². The summed E-state index contributed by atoms with van der Waals surface area (Å²) >= 11 is 5.81. The SMILES string of the molecule is Cc1ccc(Oc2ccc(Cl)cc2N)cc1.Cl. The molecule has 0 aliphatic rings. The number of ether oxygens (including phenoxy) is 1. The first-order valence-electron chi connectivity index (χ1n) is 4.95. The highest BCUT2D eigenvalue weighted by Crippen LogP contribution is 2.29. The van der Waals surface area contributed by atoms with Gasteiger partial charge in [0.25, 0.3) is 0 Å². The van der Waals surface area contributed by atoms with E-state index in [-0.39, 0.29) is 12.4 Å². The van der Waals surface area contributed by atoms with Gasteiger partial charge in [0.15, 0.2) is 0 Å². The van der Waals surface area contributed by atoms with Crippen molar-refractivity contribution in [1.29, 1.82) is 0 Å². The van der Waals surface area contributed by atoms with E-state index in [1.54, 1.807) is 18.2 Å². The Hall–Kier alpha value is -1.38. The van der Waals surface area contributed by atoms with Crippen molar-refractivity contribution in [1.82, 2.24) is 0 Å². The molecule has 4 heteroatoms. The number of anilines is 1. The number of hydrogen-bond acceptors (Lipinski definition) is 2. The lowest BCUT2D eigenvalue weighted by molar-refractivity contribution is 0.485. The topological polar surface area (TPSA) is 35.2 Å². The Balaban J connectivity index is 0.00000144. The van der Waals surface area contributed by atoms with Crippen LogP contribution in [-0.2, 0) is 0 Å². The van der Waals surface area contributed by atoms with Crippen molar-refractivity contribution in [2.75, 3.05) is 5.73 Å². The summed E-state index contributed by atoms with van der Waals surface area (Å²) in [5.41, 5.74) is 7.52. The maximum Gasteiger partial charge on any atom is 0.150 e. The van der Waals surface area contributed by atoms with Gasteiger partial charge in [-0.15, -0.1) is 12.4 Å². The number of aryl methyl sites for hydroxylation is 1. The fraction of sp³-hybridized carbons (Fsp3) is 0.0769. The van der Waals surface area contributed by atoms with E-state index in [9.17, 15) is 0 Å². The second kappa shape index (κ2) is 5.80. The van der Waals surface area contributed by atoms with E-state index in [1.807, 2.05) is 31.2 Å². The van der Waals surface area contributed by atoms with Crippen LogP contribution in [0.3, 0.4) is 0 Å². The molecule has 2 nitrogen and oxygen atoms in total. The van der Waals surface area contributed by atoms with Crippen LogP contribution >= 0.6 is 24.0 Å². The Labute approximate surface area is 112 Å². The van der Waals surface area contributed by atoms with Crippen molar-refractivity contribution in [2.45, 2.75) is 6.92 Å². The van der Waals surface area contributed by atoms with Gasteiger partial charge < -0.3 is 10.5 Å². The highest BCUT2D eigenvalue weighted by atomic mass is 35.5. The normalized spacial score (nSPS) is 9.53. The number of benzene rings is 2. The average Bonchev–Trinajstić information content (AvgIpc) is 2.25. The molecule has 0 radical (unpaired) electrons. The first-order valence-corrected chi connectivity index (χ1v) is 5.32. The van der Waals surface area contributed by atoms with Gasteiger partial charge in [-0.2, -0.15) is 0 Å². The van der Waals surface area contributed by atoms with E-state index in [0.717, 1.165) is 5.75 Å². The van der Waals surface area contributed by atoms with E-state index in [0.29, 0.717) is 16.5 Å². The van der Waals surface area contributed by atoms with Crippen molar-refractivity contribution in [2.24, 2.45) is 0 Å². The van der Waals surface area contributed by atoms with Crippen LogP contribution in [0.2, 0.25) is 5.02 Å². The second-order valence-corrected chi connectivity index (χ2v) is 4.03. The highest BCUT2D eigenvalue weighted by Gasteiger charge is 2.02. The van der Waals surface area contributed by atoms with Crippen molar-refractivity contribution in [3.8, 4) is 11.5 Å². The monoisotopic (exact) mass is 269 g/mol. The minimum Gasteiger partial charge on any atom is -0.455 e. The summed E-state index contributed by atoms with van der Waals surface area (Å²) in [6.45, 7) is 2.03. The molecule has 0 spiro atoms. The third kappa shape index (κ3) is 3.55. The number of hydrogen-bond donors (Lipinski definition) is 1. The van der Waals surface area contributed by atoms with Gasteiger partial charge in [-0.1, -0.05) is 29.3 Å². The Morgan fingerprint density at radius 1 is 1.06 bits per heavy atom. The first kappa shape index (κ1) is 13.7. The van der Waals surface area contributed by atoms with Crippen LogP contribution in [0.5, 0.6) is 11.5 Å². The zero-order valence-electron chi connectivity index (χ0n) is 9.31. The quantitative estimate of drug-likeness (QED) is 0.818. The minimum absolute atomic E-state index is 0. The van der Waals surface area contributed by atoms with Crippen molar-refractivity contribution in [3.63, 3.8) is 0 Å². The lowest BCUT2D eigenvalue weighted by Gasteiger charge is -2.08. The largest absolute Gasteiger partial charge is 0.455 e. The van der Waals surface area contributed by atoms with Gasteiger partial charge in [-0.25, -0.2) is 0 Å². The standard InChI is InChI=1S/C13H12ClNO.ClH/c1-9-2-5-11(6-3-9)16-13-7-4-10(14)8-12(13)15;/h2-8H,15H2,1H3;1H. The third-order valence-electron chi connectivity index (χ3n) is 2.22. The molecule has 0 unspecified atom stereocenters. The van der Waals surface area contributed by atoms with Crippen molar-refractivity contribution < 1.29 is 4.74 Å². The third-order valence-corrected chi connectivity index (χ3v) is 2.46. The zero-order valence-corrected chi connectivity index (χ0v) is 10.9. The van der Waals surface area contributed by atoms with Crippen LogP contribution in [0.15, 0.2) is 42.5 Å². The smallest absolute Gasteiger partial charge is 0.150 e. The molecule has 0 aliphatic carbocycles. The fourth-order valence-corrected chi connectivity index (χ4v) is 1.53. The zero-order chi connectivity index (χ0) is 11.5. The average molecular weight is 270 g/mol. The van der Waals surface area contributed by atoms with Gasteiger partial charge in [0.05, 0.1) is 5.69 Å². The van der Waals surface area contributed by atoms with Crippen molar-refractivity contribution in [3.05, 3.63) is 53.1 Å². The van der Waals surface area contributed by atoms with Gasteiger partial charge in [0.2, 0.25) is 0 Å². The number of nitrogens with two attached hydrogens (primary N) is 1. The molecule has 0 heterocycles. The molecule has 0 aliphatic heterocycles. The molecule has 2 N–H and O–H groups in total.